The van der Waals surface area contributed by atoms with Crippen molar-refractivity contribution in [3.05, 3.63) is 48.2 Å². The second kappa shape index (κ2) is 5.08. The molecule has 0 atom stereocenters. The smallest absolute Gasteiger partial charge is 0.221 e. The third kappa shape index (κ3) is 2.35. The molecular weight excluding hydrogens is 256 g/mol. The van der Waals surface area contributed by atoms with E-state index in [0.717, 1.165) is 5.76 Å². The van der Waals surface area contributed by atoms with E-state index in [4.69, 9.17) is 20.3 Å². The maximum absolute atomic E-state index is 6.11. The molecule has 0 amide bonds. The molecule has 20 heavy (non-hydrogen) atoms. The highest BCUT2D eigenvalue weighted by atomic mass is 16.3. The number of rotatable bonds is 4. The minimum Gasteiger partial charge on any atom is -0.469 e. The Kier molecular flexibility index (Phi) is 3.12. The molecule has 3 aromatic heterocycles. The van der Waals surface area contributed by atoms with Crippen LogP contribution >= 0.6 is 0 Å². The van der Waals surface area contributed by atoms with Crippen LogP contribution in [-0.4, -0.2) is 9.97 Å². The molecule has 0 bridgehead atoms. The normalized spacial score (nSPS) is 10.8. The van der Waals surface area contributed by atoms with Gasteiger partial charge in [0.05, 0.1) is 23.9 Å². The minimum atomic E-state index is 0.181. The van der Waals surface area contributed by atoms with Crippen LogP contribution in [0.5, 0.6) is 0 Å². The average molecular weight is 270 g/mol. The van der Waals surface area contributed by atoms with E-state index in [1.54, 1.807) is 24.7 Å². The highest BCUT2D eigenvalue weighted by molar-refractivity contribution is 5.71. The highest BCUT2D eigenvalue weighted by Gasteiger charge is 2.14. The zero-order valence-electron chi connectivity index (χ0n) is 10.7. The lowest BCUT2D eigenvalue weighted by Crippen LogP contribution is -2.07. The van der Waals surface area contributed by atoms with Crippen LogP contribution in [0.3, 0.4) is 0 Å². The van der Waals surface area contributed by atoms with E-state index in [-0.39, 0.29) is 5.95 Å². The van der Waals surface area contributed by atoms with Gasteiger partial charge in [-0.1, -0.05) is 0 Å². The third-order valence-electron chi connectivity index (χ3n) is 2.98. The molecule has 3 rings (SSSR count). The van der Waals surface area contributed by atoms with Gasteiger partial charge in [-0.05, 0) is 30.7 Å². The molecule has 0 aromatic carbocycles. The topological polar surface area (TPSA) is 104 Å². The van der Waals surface area contributed by atoms with Crippen molar-refractivity contribution in [2.24, 2.45) is 0 Å². The molecule has 0 saturated carbocycles. The van der Waals surface area contributed by atoms with E-state index < -0.39 is 0 Å². The number of hydrogen-bond donors (Lipinski definition) is 2. The molecule has 6 heteroatoms. The molecule has 102 valence electrons. The Labute approximate surface area is 115 Å². The van der Waals surface area contributed by atoms with Crippen LogP contribution in [0.25, 0.3) is 11.5 Å². The van der Waals surface area contributed by atoms with E-state index in [1.807, 2.05) is 12.1 Å². The second-order valence-corrected chi connectivity index (χ2v) is 4.35. The zero-order chi connectivity index (χ0) is 13.9. The molecule has 0 radical (unpaired) electrons. The Morgan fingerprint density at radius 1 is 0.950 bits per heavy atom. The van der Waals surface area contributed by atoms with Gasteiger partial charge in [0, 0.05) is 6.42 Å². The maximum atomic E-state index is 6.11. The lowest BCUT2D eigenvalue weighted by molar-refractivity contribution is 0.507. The van der Waals surface area contributed by atoms with Crippen molar-refractivity contribution in [3.8, 4) is 11.5 Å². The Bertz CT molecular complexity index is 690. The predicted octanol–water partition coefficient (Wildman–Crippen LogP) is 2.28. The molecule has 0 unspecified atom stereocenters. The summed E-state index contributed by atoms with van der Waals surface area (Å²) in [5.41, 5.74) is 13.6. The molecule has 0 aliphatic carbocycles. The van der Waals surface area contributed by atoms with E-state index in [9.17, 15) is 0 Å². The number of anilines is 2. The van der Waals surface area contributed by atoms with Gasteiger partial charge in [0.1, 0.15) is 11.5 Å². The van der Waals surface area contributed by atoms with Crippen LogP contribution in [-0.2, 0) is 12.8 Å². The summed E-state index contributed by atoms with van der Waals surface area (Å²) < 4.78 is 10.6. The van der Waals surface area contributed by atoms with Gasteiger partial charge in [-0.15, -0.1) is 0 Å². The number of hydrogen-bond acceptors (Lipinski definition) is 6. The molecule has 3 aromatic rings. The number of nitrogens with two attached hydrogens (primary N) is 2. The molecule has 6 nitrogen and oxygen atoms in total. The van der Waals surface area contributed by atoms with Gasteiger partial charge in [-0.2, -0.15) is 0 Å². The fraction of sp³-hybridized carbons (Fsp3) is 0.143. The standard InChI is InChI=1S/C14H14N4O2/c15-12-10(6-5-9-3-1-7-19-9)17-14(16)18-13(12)11-4-2-8-20-11/h1-4,7-8H,5-6,15H2,(H2,16,17,18). The van der Waals surface area contributed by atoms with Gasteiger partial charge in [0.2, 0.25) is 5.95 Å². The van der Waals surface area contributed by atoms with Crippen LogP contribution in [0.15, 0.2) is 45.6 Å². The van der Waals surface area contributed by atoms with Gasteiger partial charge in [-0.3, -0.25) is 0 Å². The second-order valence-electron chi connectivity index (χ2n) is 4.35. The van der Waals surface area contributed by atoms with Crippen LogP contribution in [0, 0.1) is 0 Å². The lowest BCUT2D eigenvalue weighted by Gasteiger charge is -2.08. The first kappa shape index (κ1) is 12.3. The molecule has 0 aliphatic rings. The van der Waals surface area contributed by atoms with Crippen molar-refractivity contribution in [1.82, 2.24) is 9.97 Å². The van der Waals surface area contributed by atoms with Crippen molar-refractivity contribution in [3.63, 3.8) is 0 Å². The summed E-state index contributed by atoms with van der Waals surface area (Å²) in [5.74, 6) is 1.64. The van der Waals surface area contributed by atoms with Gasteiger partial charge >= 0.3 is 0 Å². The summed E-state index contributed by atoms with van der Waals surface area (Å²) >= 11 is 0. The minimum absolute atomic E-state index is 0.181. The highest BCUT2D eigenvalue weighted by Crippen LogP contribution is 2.27. The Morgan fingerprint density at radius 3 is 2.45 bits per heavy atom. The largest absolute Gasteiger partial charge is 0.469 e. The van der Waals surface area contributed by atoms with Crippen molar-refractivity contribution < 1.29 is 8.83 Å². The lowest BCUT2D eigenvalue weighted by atomic mass is 10.1. The van der Waals surface area contributed by atoms with Crippen molar-refractivity contribution in [2.45, 2.75) is 12.8 Å². The summed E-state index contributed by atoms with van der Waals surface area (Å²) in [4.78, 5) is 8.35. The molecule has 3 heterocycles. The van der Waals surface area contributed by atoms with Crippen molar-refractivity contribution >= 4 is 11.6 Å². The third-order valence-corrected chi connectivity index (χ3v) is 2.98. The maximum Gasteiger partial charge on any atom is 0.221 e. The van der Waals surface area contributed by atoms with Crippen LogP contribution in [0.2, 0.25) is 0 Å². The van der Waals surface area contributed by atoms with Crippen LogP contribution in [0.4, 0.5) is 11.6 Å². The van der Waals surface area contributed by atoms with Crippen LogP contribution < -0.4 is 11.5 Å². The average Bonchev–Trinajstić information content (AvgIpc) is 3.11. The number of nitrogens with zero attached hydrogens (tertiary/aromatic N) is 2. The number of nitrogen functional groups attached to an aromatic ring is 2. The van der Waals surface area contributed by atoms with E-state index in [0.29, 0.717) is 35.7 Å². The number of aromatic nitrogens is 2. The fourth-order valence-electron chi connectivity index (χ4n) is 2.02. The van der Waals surface area contributed by atoms with Gasteiger partial charge in [-0.25, -0.2) is 9.97 Å². The molecule has 0 saturated heterocycles. The monoisotopic (exact) mass is 270 g/mol. The quantitative estimate of drug-likeness (QED) is 0.753. The summed E-state index contributed by atoms with van der Waals surface area (Å²) in [5, 5.41) is 0. The molecule has 0 spiro atoms. The van der Waals surface area contributed by atoms with Crippen molar-refractivity contribution in [2.75, 3.05) is 11.5 Å². The van der Waals surface area contributed by atoms with Gasteiger partial charge in [0.25, 0.3) is 0 Å². The summed E-state index contributed by atoms with van der Waals surface area (Å²) in [6.07, 6.45) is 4.53. The Hall–Kier alpha value is -2.76. The van der Waals surface area contributed by atoms with E-state index in [2.05, 4.69) is 9.97 Å². The van der Waals surface area contributed by atoms with E-state index >= 15 is 0 Å². The molecule has 0 fully saturated rings. The molecular formula is C14H14N4O2. The first-order valence-electron chi connectivity index (χ1n) is 6.22. The Balaban J connectivity index is 1.91. The van der Waals surface area contributed by atoms with Crippen molar-refractivity contribution in [1.29, 1.82) is 0 Å². The summed E-state index contributed by atoms with van der Waals surface area (Å²) in [6.45, 7) is 0. The molecule has 0 aliphatic heterocycles. The predicted molar refractivity (Wildman–Crippen MR) is 74.7 cm³/mol. The van der Waals surface area contributed by atoms with Gasteiger partial charge < -0.3 is 20.3 Å². The fourth-order valence-corrected chi connectivity index (χ4v) is 2.02. The Morgan fingerprint density at radius 2 is 1.75 bits per heavy atom. The van der Waals surface area contributed by atoms with Gasteiger partial charge in [0.15, 0.2) is 5.76 Å². The summed E-state index contributed by atoms with van der Waals surface area (Å²) in [6, 6.07) is 7.32. The zero-order valence-corrected chi connectivity index (χ0v) is 10.7. The number of aryl methyl sites for hydroxylation is 2. The summed E-state index contributed by atoms with van der Waals surface area (Å²) in [7, 11) is 0. The van der Waals surface area contributed by atoms with E-state index in [1.165, 1.54) is 0 Å². The first-order chi connectivity index (χ1) is 9.74. The SMILES string of the molecule is Nc1nc(CCc2ccco2)c(N)c(-c2ccco2)n1. The number of furan rings is 2. The molecule has 4 N–H and O–H groups in total. The van der Waals surface area contributed by atoms with Crippen LogP contribution in [0.1, 0.15) is 11.5 Å². The first-order valence-corrected chi connectivity index (χ1v) is 6.22.